The molecule has 4 rings (SSSR count). The summed E-state index contributed by atoms with van der Waals surface area (Å²) in [5, 5.41) is 5.28. The number of carbonyl (C=O) groups excluding carboxylic acids is 1. The van der Waals surface area contributed by atoms with Gasteiger partial charge < -0.3 is 9.80 Å². The van der Waals surface area contributed by atoms with Crippen LogP contribution in [0.4, 0.5) is 5.69 Å². The predicted molar refractivity (Wildman–Crippen MR) is 116 cm³/mol. The molecule has 0 saturated carbocycles. The molecule has 6 nitrogen and oxygen atoms in total. The number of benzene rings is 1. The van der Waals surface area contributed by atoms with E-state index in [0.717, 1.165) is 29.8 Å². The van der Waals surface area contributed by atoms with Crippen molar-refractivity contribution in [2.45, 2.75) is 46.2 Å². The van der Waals surface area contributed by atoms with Crippen molar-refractivity contribution >= 4 is 22.6 Å². The molecule has 1 aliphatic heterocycles. The molecule has 0 unspecified atom stereocenters. The fraction of sp³-hybridized carbons (Fsp3) is 0.435. The van der Waals surface area contributed by atoms with Crippen molar-refractivity contribution < 1.29 is 4.79 Å². The van der Waals surface area contributed by atoms with E-state index in [2.05, 4.69) is 53.1 Å². The van der Waals surface area contributed by atoms with Gasteiger partial charge in [-0.05, 0) is 51.3 Å². The Kier molecular flexibility index (Phi) is 5.26. The summed E-state index contributed by atoms with van der Waals surface area (Å²) in [6.07, 6.45) is 4.23. The molecule has 0 atom stereocenters. The molecule has 6 heteroatoms. The Morgan fingerprint density at radius 1 is 1.21 bits per heavy atom. The number of fused-ring (bicyclic) bond motifs is 1. The lowest BCUT2D eigenvalue weighted by molar-refractivity contribution is 0.0787. The highest BCUT2D eigenvalue weighted by Gasteiger charge is 2.22. The number of aryl methyl sites for hydroxylation is 1. The molecule has 29 heavy (non-hydrogen) atoms. The second kappa shape index (κ2) is 7.85. The monoisotopic (exact) mass is 391 g/mol. The van der Waals surface area contributed by atoms with Gasteiger partial charge in [0.05, 0.1) is 17.1 Å². The summed E-state index contributed by atoms with van der Waals surface area (Å²) in [6, 6.07) is 10.5. The summed E-state index contributed by atoms with van der Waals surface area (Å²) in [5.41, 5.74) is 4.70. The molecule has 1 fully saturated rings. The standard InChI is InChI=1S/C23H29N5O/c1-16(2)28-22-20(14-24-28)19(13-17(3)25-22)23(29)26(4)15-18-9-5-6-10-21(18)27-11-7-8-12-27/h5-6,9-10,13-14,16H,7-8,11-12,15H2,1-4H3. The van der Waals surface area contributed by atoms with E-state index in [0.29, 0.717) is 12.1 Å². The number of hydrogen-bond donors (Lipinski definition) is 0. The molecule has 0 spiro atoms. The summed E-state index contributed by atoms with van der Waals surface area (Å²) in [5.74, 6) is 0.0000288. The van der Waals surface area contributed by atoms with Gasteiger partial charge in [-0.3, -0.25) is 4.79 Å². The Labute approximate surface area is 172 Å². The van der Waals surface area contributed by atoms with Gasteiger partial charge in [0.1, 0.15) is 0 Å². The largest absolute Gasteiger partial charge is 0.371 e. The van der Waals surface area contributed by atoms with Crippen LogP contribution in [0, 0.1) is 6.92 Å². The molecule has 1 aromatic carbocycles. The molecule has 0 N–H and O–H groups in total. The molecule has 1 saturated heterocycles. The first-order chi connectivity index (χ1) is 14.0. The number of amides is 1. The van der Waals surface area contributed by atoms with Gasteiger partial charge in [0.2, 0.25) is 0 Å². The van der Waals surface area contributed by atoms with Crippen LogP contribution in [-0.2, 0) is 6.54 Å². The first-order valence-corrected chi connectivity index (χ1v) is 10.4. The second-order valence-electron chi connectivity index (χ2n) is 8.22. The molecular weight excluding hydrogens is 362 g/mol. The molecule has 1 amide bonds. The summed E-state index contributed by atoms with van der Waals surface area (Å²) < 4.78 is 1.88. The zero-order valence-corrected chi connectivity index (χ0v) is 17.7. The Morgan fingerprint density at radius 2 is 1.93 bits per heavy atom. The van der Waals surface area contributed by atoms with E-state index in [4.69, 9.17) is 0 Å². The lowest BCUT2D eigenvalue weighted by Gasteiger charge is -2.24. The fourth-order valence-electron chi connectivity index (χ4n) is 4.14. The first kappa shape index (κ1) is 19.4. The summed E-state index contributed by atoms with van der Waals surface area (Å²) in [6.45, 7) is 8.82. The van der Waals surface area contributed by atoms with Crippen LogP contribution in [0.2, 0.25) is 0 Å². The van der Waals surface area contributed by atoms with Crippen molar-refractivity contribution in [3.05, 3.63) is 53.3 Å². The molecule has 2 aromatic heterocycles. The van der Waals surface area contributed by atoms with Crippen LogP contribution in [0.3, 0.4) is 0 Å². The van der Waals surface area contributed by atoms with Crippen LogP contribution < -0.4 is 4.90 Å². The summed E-state index contributed by atoms with van der Waals surface area (Å²) in [7, 11) is 1.87. The quantitative estimate of drug-likeness (QED) is 0.654. The number of carbonyl (C=O) groups is 1. The highest BCUT2D eigenvalue weighted by Crippen LogP contribution is 2.27. The number of pyridine rings is 1. The maximum absolute atomic E-state index is 13.4. The van der Waals surface area contributed by atoms with Crippen LogP contribution in [0.25, 0.3) is 11.0 Å². The van der Waals surface area contributed by atoms with Gasteiger partial charge in [0, 0.05) is 44.1 Å². The highest BCUT2D eigenvalue weighted by molar-refractivity contribution is 6.05. The van der Waals surface area contributed by atoms with E-state index in [1.165, 1.54) is 24.1 Å². The van der Waals surface area contributed by atoms with Gasteiger partial charge in [-0.2, -0.15) is 5.10 Å². The lowest BCUT2D eigenvalue weighted by Crippen LogP contribution is -2.28. The maximum Gasteiger partial charge on any atom is 0.254 e. The molecule has 152 valence electrons. The minimum Gasteiger partial charge on any atom is -0.371 e. The van der Waals surface area contributed by atoms with Gasteiger partial charge in [-0.25, -0.2) is 9.67 Å². The third-order valence-corrected chi connectivity index (χ3v) is 5.61. The van der Waals surface area contributed by atoms with Crippen LogP contribution in [0.15, 0.2) is 36.5 Å². The molecule has 1 aliphatic rings. The number of hydrogen-bond acceptors (Lipinski definition) is 4. The molecule has 3 aromatic rings. The second-order valence-corrected chi connectivity index (χ2v) is 8.22. The molecule has 0 bridgehead atoms. The number of para-hydroxylation sites is 1. The smallest absolute Gasteiger partial charge is 0.254 e. The van der Waals surface area contributed by atoms with Crippen molar-refractivity contribution in [3.8, 4) is 0 Å². The molecule has 0 aliphatic carbocycles. The van der Waals surface area contributed by atoms with Gasteiger partial charge in [0.15, 0.2) is 5.65 Å². The van der Waals surface area contributed by atoms with Gasteiger partial charge in [-0.15, -0.1) is 0 Å². The minimum absolute atomic E-state index is 0.0000288. The minimum atomic E-state index is 0.0000288. The van der Waals surface area contributed by atoms with Crippen LogP contribution in [0.1, 0.15) is 54.3 Å². The Morgan fingerprint density at radius 3 is 2.66 bits per heavy atom. The highest BCUT2D eigenvalue weighted by atomic mass is 16.2. The molecule has 3 heterocycles. The van der Waals surface area contributed by atoms with Gasteiger partial charge in [0.25, 0.3) is 5.91 Å². The zero-order valence-electron chi connectivity index (χ0n) is 17.7. The van der Waals surface area contributed by atoms with Crippen molar-refractivity contribution in [3.63, 3.8) is 0 Å². The third kappa shape index (κ3) is 3.71. The van der Waals surface area contributed by atoms with Crippen LogP contribution in [0.5, 0.6) is 0 Å². The zero-order chi connectivity index (χ0) is 20.5. The van der Waals surface area contributed by atoms with E-state index in [-0.39, 0.29) is 11.9 Å². The number of rotatable bonds is 5. The molecule has 0 radical (unpaired) electrons. The predicted octanol–water partition coefficient (Wildman–Crippen LogP) is 4.19. The average Bonchev–Trinajstić information content (AvgIpc) is 3.37. The van der Waals surface area contributed by atoms with E-state index in [1.807, 2.05) is 24.7 Å². The third-order valence-electron chi connectivity index (χ3n) is 5.61. The number of anilines is 1. The van der Waals surface area contributed by atoms with E-state index < -0.39 is 0 Å². The Balaban J connectivity index is 1.64. The number of aromatic nitrogens is 3. The van der Waals surface area contributed by atoms with Gasteiger partial charge in [-0.1, -0.05) is 18.2 Å². The van der Waals surface area contributed by atoms with Crippen molar-refractivity contribution in [2.24, 2.45) is 0 Å². The Hall–Kier alpha value is -2.89. The Bertz CT molecular complexity index is 1030. The van der Waals surface area contributed by atoms with Crippen LogP contribution in [-0.4, -0.2) is 45.7 Å². The number of nitrogens with zero attached hydrogens (tertiary/aromatic N) is 5. The fourth-order valence-corrected chi connectivity index (χ4v) is 4.14. The van der Waals surface area contributed by atoms with E-state index in [1.54, 1.807) is 11.1 Å². The topological polar surface area (TPSA) is 54.3 Å². The normalized spacial score (nSPS) is 14.2. The SMILES string of the molecule is Cc1cc(C(=O)N(C)Cc2ccccc2N2CCCC2)c2cnn(C(C)C)c2n1. The van der Waals surface area contributed by atoms with E-state index >= 15 is 0 Å². The van der Waals surface area contributed by atoms with Gasteiger partial charge >= 0.3 is 0 Å². The first-order valence-electron chi connectivity index (χ1n) is 10.4. The summed E-state index contributed by atoms with van der Waals surface area (Å²) in [4.78, 5) is 22.2. The average molecular weight is 392 g/mol. The van der Waals surface area contributed by atoms with Crippen molar-refractivity contribution in [1.29, 1.82) is 0 Å². The van der Waals surface area contributed by atoms with Crippen molar-refractivity contribution in [1.82, 2.24) is 19.7 Å². The van der Waals surface area contributed by atoms with Crippen molar-refractivity contribution in [2.75, 3.05) is 25.0 Å². The van der Waals surface area contributed by atoms with Crippen LogP contribution >= 0.6 is 0 Å². The molecular formula is C23H29N5O. The van der Waals surface area contributed by atoms with E-state index in [9.17, 15) is 4.79 Å². The summed E-state index contributed by atoms with van der Waals surface area (Å²) >= 11 is 0. The lowest BCUT2D eigenvalue weighted by atomic mass is 10.1. The maximum atomic E-state index is 13.4.